The van der Waals surface area contributed by atoms with Gasteiger partial charge in [-0.1, -0.05) is 43.0 Å². The van der Waals surface area contributed by atoms with Gasteiger partial charge in [0, 0.05) is 0 Å². The molecule has 0 saturated carbocycles. The first-order chi connectivity index (χ1) is 7.70. The summed E-state index contributed by atoms with van der Waals surface area (Å²) in [7, 11) is 0. The fourth-order valence-electron chi connectivity index (χ4n) is 1.70. The first-order valence-electron chi connectivity index (χ1n) is 5.72. The molecule has 0 aliphatic heterocycles. The Morgan fingerprint density at radius 1 is 1.25 bits per heavy atom. The molecule has 0 N–H and O–H groups in total. The topological polar surface area (TPSA) is 0 Å². The van der Waals surface area contributed by atoms with E-state index in [0.29, 0.717) is 0 Å². The molecule has 1 aromatic rings. The zero-order chi connectivity index (χ0) is 12.0. The summed E-state index contributed by atoms with van der Waals surface area (Å²) in [5, 5.41) is 0. The van der Waals surface area contributed by atoms with E-state index in [9.17, 15) is 0 Å². The lowest BCUT2D eigenvalue weighted by atomic mass is 9.93. The lowest BCUT2D eigenvalue weighted by molar-refractivity contribution is 1.07. The van der Waals surface area contributed by atoms with Gasteiger partial charge in [0.15, 0.2) is 0 Å². The van der Waals surface area contributed by atoms with Crippen LogP contribution in [0.1, 0.15) is 37.8 Å². The fraction of sp³-hybridized carbons (Fsp3) is 0.250. The molecule has 0 heterocycles. The summed E-state index contributed by atoms with van der Waals surface area (Å²) in [6.45, 7) is 12.1. The minimum Gasteiger partial charge on any atom is -0.103 e. The van der Waals surface area contributed by atoms with Crippen molar-refractivity contribution in [2.24, 2.45) is 0 Å². The van der Waals surface area contributed by atoms with Crippen LogP contribution < -0.4 is 0 Å². The van der Waals surface area contributed by atoms with Gasteiger partial charge in [-0.2, -0.15) is 0 Å². The summed E-state index contributed by atoms with van der Waals surface area (Å²) in [5.41, 5.74) is 5.05. The highest BCUT2D eigenvalue weighted by atomic mass is 14.1. The maximum atomic E-state index is 4.16. The van der Waals surface area contributed by atoms with Crippen molar-refractivity contribution in [1.29, 1.82) is 0 Å². The van der Waals surface area contributed by atoms with Crippen molar-refractivity contribution in [3.63, 3.8) is 0 Å². The van der Waals surface area contributed by atoms with E-state index in [1.807, 2.05) is 6.08 Å². The van der Waals surface area contributed by atoms with Gasteiger partial charge in [-0.3, -0.25) is 0 Å². The summed E-state index contributed by atoms with van der Waals surface area (Å²) in [4.78, 5) is 0. The van der Waals surface area contributed by atoms with Crippen molar-refractivity contribution in [3.8, 4) is 0 Å². The molecule has 0 spiro atoms. The van der Waals surface area contributed by atoms with Crippen LogP contribution in [0, 0.1) is 0 Å². The van der Waals surface area contributed by atoms with Crippen LogP contribution in [-0.4, -0.2) is 0 Å². The van der Waals surface area contributed by atoms with Gasteiger partial charge in [0.25, 0.3) is 0 Å². The summed E-state index contributed by atoms with van der Waals surface area (Å²) in [5.74, 6) is 0. The molecule has 84 valence electrons. The molecule has 0 nitrogen and oxygen atoms in total. The second-order valence-electron chi connectivity index (χ2n) is 3.95. The molecule has 0 heteroatoms. The van der Waals surface area contributed by atoms with Crippen molar-refractivity contribution in [3.05, 3.63) is 60.7 Å². The Balaban J connectivity index is 3.03. The fourth-order valence-corrected chi connectivity index (χ4v) is 1.70. The van der Waals surface area contributed by atoms with Crippen molar-refractivity contribution in [1.82, 2.24) is 0 Å². The minimum absolute atomic E-state index is 0.984. The molecule has 0 radical (unpaired) electrons. The SMILES string of the molecule is C=CCCC(=C)c1ccccc1/C(C)=C/C. The predicted octanol–water partition coefficient (Wildman–Crippen LogP) is 5.09. The van der Waals surface area contributed by atoms with Gasteiger partial charge in [0.2, 0.25) is 0 Å². The molecule has 0 atom stereocenters. The van der Waals surface area contributed by atoms with E-state index >= 15 is 0 Å². The first-order valence-corrected chi connectivity index (χ1v) is 5.72. The number of allylic oxidation sites excluding steroid dienone is 4. The Kier molecular flexibility index (Phi) is 4.78. The van der Waals surface area contributed by atoms with Gasteiger partial charge in [-0.15, -0.1) is 6.58 Å². The van der Waals surface area contributed by atoms with E-state index in [-0.39, 0.29) is 0 Å². The Morgan fingerprint density at radius 3 is 2.44 bits per heavy atom. The molecule has 0 saturated heterocycles. The molecule has 1 rings (SSSR count). The molecule has 0 aromatic heterocycles. The molecule has 0 unspecified atom stereocenters. The lowest BCUT2D eigenvalue weighted by Gasteiger charge is -2.11. The predicted molar refractivity (Wildman–Crippen MR) is 74.2 cm³/mol. The Hall–Kier alpha value is -1.56. The van der Waals surface area contributed by atoms with E-state index in [2.05, 4.69) is 57.3 Å². The van der Waals surface area contributed by atoms with Gasteiger partial charge >= 0.3 is 0 Å². The molecule has 0 aliphatic carbocycles. The van der Waals surface area contributed by atoms with E-state index in [4.69, 9.17) is 0 Å². The highest BCUT2D eigenvalue weighted by Crippen LogP contribution is 2.26. The average Bonchev–Trinajstić information content (AvgIpc) is 2.35. The second-order valence-corrected chi connectivity index (χ2v) is 3.95. The molecule has 0 aliphatic rings. The van der Waals surface area contributed by atoms with Crippen LogP contribution >= 0.6 is 0 Å². The van der Waals surface area contributed by atoms with E-state index in [1.54, 1.807) is 0 Å². The third kappa shape index (κ3) is 2.96. The standard InChI is InChI=1S/C16H20/c1-5-7-10-14(4)16-12-9-8-11-15(16)13(3)6-2/h5-6,8-9,11-12H,1,4,7,10H2,2-3H3/b13-6+. The van der Waals surface area contributed by atoms with Gasteiger partial charge in [-0.25, -0.2) is 0 Å². The summed E-state index contributed by atoms with van der Waals surface area (Å²) >= 11 is 0. The van der Waals surface area contributed by atoms with E-state index < -0.39 is 0 Å². The normalized spacial score (nSPS) is 11.2. The number of benzene rings is 1. The maximum Gasteiger partial charge on any atom is -0.0155 e. The largest absolute Gasteiger partial charge is 0.103 e. The molecule has 0 fully saturated rings. The first kappa shape index (κ1) is 12.5. The van der Waals surface area contributed by atoms with Gasteiger partial charge in [0.05, 0.1) is 0 Å². The van der Waals surface area contributed by atoms with Crippen molar-refractivity contribution >= 4 is 11.1 Å². The molecular formula is C16H20. The number of hydrogen-bond acceptors (Lipinski definition) is 0. The molecule has 1 aromatic carbocycles. The second kappa shape index (κ2) is 6.12. The van der Waals surface area contributed by atoms with Crippen LogP contribution in [0.15, 0.2) is 49.6 Å². The molecule has 16 heavy (non-hydrogen) atoms. The molecule has 0 amide bonds. The van der Waals surface area contributed by atoms with Crippen LogP contribution in [0.4, 0.5) is 0 Å². The van der Waals surface area contributed by atoms with Gasteiger partial charge in [0.1, 0.15) is 0 Å². The van der Waals surface area contributed by atoms with Crippen LogP contribution in [0.25, 0.3) is 11.1 Å². The smallest absolute Gasteiger partial charge is 0.0155 e. The average molecular weight is 212 g/mol. The molecule has 0 bridgehead atoms. The Morgan fingerprint density at radius 2 is 1.88 bits per heavy atom. The zero-order valence-electron chi connectivity index (χ0n) is 10.3. The highest BCUT2D eigenvalue weighted by Gasteiger charge is 2.05. The van der Waals surface area contributed by atoms with Crippen LogP contribution in [0.3, 0.4) is 0 Å². The number of rotatable bonds is 5. The Bertz CT molecular complexity index is 408. The summed E-state index contributed by atoms with van der Waals surface area (Å²) < 4.78 is 0. The minimum atomic E-state index is 0.984. The zero-order valence-corrected chi connectivity index (χ0v) is 10.3. The third-order valence-electron chi connectivity index (χ3n) is 2.82. The van der Waals surface area contributed by atoms with Gasteiger partial charge < -0.3 is 0 Å². The highest BCUT2D eigenvalue weighted by molar-refractivity contribution is 5.78. The van der Waals surface area contributed by atoms with Crippen molar-refractivity contribution in [2.75, 3.05) is 0 Å². The third-order valence-corrected chi connectivity index (χ3v) is 2.82. The van der Waals surface area contributed by atoms with Crippen molar-refractivity contribution in [2.45, 2.75) is 26.7 Å². The summed E-state index contributed by atoms with van der Waals surface area (Å²) in [6, 6.07) is 8.45. The lowest BCUT2D eigenvalue weighted by Crippen LogP contribution is -1.90. The van der Waals surface area contributed by atoms with Crippen LogP contribution in [-0.2, 0) is 0 Å². The number of hydrogen-bond donors (Lipinski definition) is 0. The Labute approximate surface area is 99.0 Å². The van der Waals surface area contributed by atoms with Gasteiger partial charge in [-0.05, 0) is 49.0 Å². The molecular weight excluding hydrogens is 192 g/mol. The van der Waals surface area contributed by atoms with Crippen molar-refractivity contribution < 1.29 is 0 Å². The summed E-state index contributed by atoms with van der Waals surface area (Å²) in [6.07, 6.45) is 6.05. The maximum absolute atomic E-state index is 4.16. The van der Waals surface area contributed by atoms with E-state index in [0.717, 1.165) is 12.8 Å². The quantitative estimate of drug-likeness (QED) is 0.596. The monoisotopic (exact) mass is 212 g/mol. The van der Waals surface area contributed by atoms with Crippen LogP contribution in [0.2, 0.25) is 0 Å². The van der Waals surface area contributed by atoms with E-state index in [1.165, 1.54) is 22.3 Å². The van der Waals surface area contributed by atoms with Crippen LogP contribution in [0.5, 0.6) is 0 Å².